The van der Waals surface area contributed by atoms with E-state index in [1.807, 2.05) is 0 Å². The Kier molecular flexibility index (Phi) is 4.10. The highest BCUT2D eigenvalue weighted by molar-refractivity contribution is 6.91. The maximum Gasteiger partial charge on any atom is 0.191 e. The predicted octanol–water partition coefficient (Wildman–Crippen LogP) is 3.38. The Bertz CT molecular complexity index is 238. The molecule has 1 heterocycles. The first kappa shape index (κ1) is 14.4. The molecule has 1 fully saturated rings. The molecule has 4 heteroatoms. The van der Waals surface area contributed by atoms with Crippen molar-refractivity contribution < 1.29 is 0 Å². The summed E-state index contributed by atoms with van der Waals surface area (Å²) in [6.45, 7) is 19.7. The molecule has 1 saturated heterocycles. The molecule has 0 bridgehead atoms. The molecule has 0 amide bonds. The maximum absolute atomic E-state index is 4.12. The quantitative estimate of drug-likeness (QED) is 0.781. The smallest absolute Gasteiger partial charge is 0.191 e. The molecular weight excluding hydrogens is 228 g/mol. The summed E-state index contributed by atoms with van der Waals surface area (Å²) in [7, 11) is -2.71. The van der Waals surface area contributed by atoms with Gasteiger partial charge in [0.25, 0.3) is 0 Å². The second-order valence-corrected chi connectivity index (χ2v) is 16.8. The minimum Gasteiger partial charge on any atom is -0.347 e. The third-order valence-electron chi connectivity index (χ3n) is 4.39. The lowest BCUT2D eigenvalue weighted by Crippen LogP contribution is -2.69. The zero-order chi connectivity index (χ0) is 12.6. The summed E-state index contributed by atoms with van der Waals surface area (Å²) in [5.41, 5.74) is 0. The van der Waals surface area contributed by atoms with Crippen molar-refractivity contribution in [3.8, 4) is 0 Å². The molecule has 0 aromatic rings. The highest BCUT2D eigenvalue weighted by Crippen LogP contribution is 2.35. The molecule has 0 unspecified atom stereocenters. The topological polar surface area (TPSA) is 15.3 Å². The van der Waals surface area contributed by atoms with E-state index in [9.17, 15) is 0 Å². The van der Waals surface area contributed by atoms with Crippen LogP contribution in [0.4, 0.5) is 0 Å². The maximum atomic E-state index is 4.12. The standard InChI is InChI=1S/C12H30N2Si2/c1-12(2,3)15(4,5)13-16(6,7)14-10-8-9-11-14/h13H,8-11H2,1-7H3. The molecule has 1 aliphatic rings. The van der Waals surface area contributed by atoms with Crippen LogP contribution in [0.25, 0.3) is 0 Å². The van der Waals surface area contributed by atoms with Gasteiger partial charge < -0.3 is 9.21 Å². The molecule has 0 radical (unpaired) electrons. The van der Waals surface area contributed by atoms with E-state index in [2.05, 4.69) is 56.2 Å². The van der Waals surface area contributed by atoms with Gasteiger partial charge in [-0.25, -0.2) is 0 Å². The van der Waals surface area contributed by atoms with Crippen molar-refractivity contribution in [3.63, 3.8) is 0 Å². The van der Waals surface area contributed by atoms with Gasteiger partial charge in [-0.3, -0.25) is 0 Å². The Balaban J connectivity index is 2.71. The van der Waals surface area contributed by atoms with Gasteiger partial charge in [-0.2, -0.15) is 0 Å². The molecule has 0 spiro atoms. The molecule has 0 aliphatic carbocycles. The summed E-state index contributed by atoms with van der Waals surface area (Å²) in [6.07, 6.45) is 2.80. The second-order valence-electron chi connectivity index (χ2n) is 7.25. The van der Waals surface area contributed by atoms with Gasteiger partial charge in [-0.05, 0) is 44.1 Å². The van der Waals surface area contributed by atoms with E-state index < -0.39 is 16.6 Å². The predicted molar refractivity (Wildman–Crippen MR) is 78.6 cm³/mol. The molecule has 1 rings (SSSR count). The van der Waals surface area contributed by atoms with Crippen molar-refractivity contribution in [1.29, 1.82) is 0 Å². The summed E-state index contributed by atoms with van der Waals surface area (Å²) in [5.74, 6) is 0. The van der Waals surface area contributed by atoms with Crippen molar-refractivity contribution in [1.82, 2.24) is 9.21 Å². The van der Waals surface area contributed by atoms with Gasteiger partial charge in [0, 0.05) is 0 Å². The number of hydrogen-bond acceptors (Lipinski definition) is 2. The van der Waals surface area contributed by atoms with Gasteiger partial charge in [0.05, 0.1) is 0 Å². The fourth-order valence-corrected chi connectivity index (χ4v) is 12.0. The van der Waals surface area contributed by atoms with Crippen LogP contribution < -0.4 is 4.65 Å². The van der Waals surface area contributed by atoms with Gasteiger partial charge in [-0.15, -0.1) is 0 Å². The SMILES string of the molecule is CC(C)(C)[Si](C)(C)N[Si](C)(C)N1CCCC1. The van der Waals surface area contributed by atoms with Crippen LogP contribution in [-0.4, -0.2) is 34.3 Å². The van der Waals surface area contributed by atoms with Gasteiger partial charge >= 0.3 is 0 Å². The van der Waals surface area contributed by atoms with Crippen LogP contribution >= 0.6 is 0 Å². The first-order valence-electron chi connectivity index (χ1n) is 6.61. The summed E-state index contributed by atoms with van der Waals surface area (Å²) in [6, 6.07) is 0. The minimum atomic E-state index is -1.37. The van der Waals surface area contributed by atoms with E-state index in [1.54, 1.807) is 0 Å². The van der Waals surface area contributed by atoms with Crippen molar-refractivity contribution in [3.05, 3.63) is 0 Å². The van der Waals surface area contributed by atoms with E-state index in [1.165, 1.54) is 25.9 Å². The molecule has 16 heavy (non-hydrogen) atoms. The fourth-order valence-electron chi connectivity index (χ4n) is 2.31. The average Bonchev–Trinajstić information content (AvgIpc) is 2.50. The number of nitrogens with one attached hydrogen (secondary N) is 1. The molecule has 1 N–H and O–H groups in total. The summed E-state index contributed by atoms with van der Waals surface area (Å²) in [4.78, 5) is 0. The third kappa shape index (κ3) is 3.18. The summed E-state index contributed by atoms with van der Waals surface area (Å²) < 4.78 is 6.86. The molecule has 0 atom stereocenters. The van der Waals surface area contributed by atoms with Crippen molar-refractivity contribution in [2.75, 3.05) is 13.1 Å². The van der Waals surface area contributed by atoms with E-state index in [0.717, 1.165) is 0 Å². The molecule has 96 valence electrons. The molecular formula is C12H30N2Si2. The van der Waals surface area contributed by atoms with Crippen molar-refractivity contribution in [2.24, 2.45) is 0 Å². The largest absolute Gasteiger partial charge is 0.347 e. The van der Waals surface area contributed by atoms with Crippen LogP contribution in [0.3, 0.4) is 0 Å². The molecule has 0 aromatic carbocycles. The van der Waals surface area contributed by atoms with Crippen LogP contribution in [0, 0.1) is 0 Å². The number of rotatable bonds is 3. The Morgan fingerprint density at radius 2 is 1.38 bits per heavy atom. The lowest BCUT2D eigenvalue weighted by molar-refractivity contribution is 0.511. The molecule has 0 saturated carbocycles. The van der Waals surface area contributed by atoms with E-state index >= 15 is 0 Å². The Labute approximate surface area is 104 Å². The average molecular weight is 259 g/mol. The van der Waals surface area contributed by atoms with Crippen LogP contribution in [0.1, 0.15) is 33.6 Å². The molecule has 1 aliphatic heterocycles. The van der Waals surface area contributed by atoms with E-state index in [-0.39, 0.29) is 0 Å². The molecule has 2 nitrogen and oxygen atoms in total. The van der Waals surface area contributed by atoms with Crippen LogP contribution in [0.15, 0.2) is 0 Å². The normalized spacial score (nSPS) is 20.4. The summed E-state index contributed by atoms with van der Waals surface area (Å²) >= 11 is 0. The van der Waals surface area contributed by atoms with Crippen LogP contribution in [0.2, 0.25) is 31.2 Å². The Morgan fingerprint density at radius 3 is 1.75 bits per heavy atom. The van der Waals surface area contributed by atoms with Crippen LogP contribution in [-0.2, 0) is 0 Å². The number of hydrogen-bond donors (Lipinski definition) is 1. The second kappa shape index (κ2) is 4.55. The minimum absolute atomic E-state index is 0.441. The first-order chi connectivity index (χ1) is 7.06. The van der Waals surface area contributed by atoms with Gasteiger partial charge in [-0.1, -0.05) is 33.9 Å². The zero-order valence-corrected chi connectivity index (χ0v) is 14.3. The van der Waals surface area contributed by atoms with Gasteiger partial charge in [0.1, 0.15) is 8.24 Å². The molecule has 0 aromatic heterocycles. The highest BCUT2D eigenvalue weighted by atomic mass is 28.4. The lowest BCUT2D eigenvalue weighted by atomic mass is 10.2. The van der Waals surface area contributed by atoms with Gasteiger partial charge in [0.15, 0.2) is 8.40 Å². The Morgan fingerprint density at radius 1 is 0.938 bits per heavy atom. The van der Waals surface area contributed by atoms with E-state index in [0.29, 0.717) is 5.04 Å². The van der Waals surface area contributed by atoms with Gasteiger partial charge in [0.2, 0.25) is 0 Å². The first-order valence-corrected chi connectivity index (χ1v) is 12.6. The lowest BCUT2D eigenvalue weighted by Gasteiger charge is -2.46. The summed E-state index contributed by atoms with van der Waals surface area (Å²) in [5, 5.41) is 0.441. The zero-order valence-electron chi connectivity index (χ0n) is 12.3. The third-order valence-corrected chi connectivity index (χ3v) is 15.1. The van der Waals surface area contributed by atoms with Crippen molar-refractivity contribution >= 4 is 16.6 Å². The number of nitrogens with zero attached hydrogens (tertiary/aromatic N) is 1. The van der Waals surface area contributed by atoms with E-state index in [4.69, 9.17) is 0 Å². The fraction of sp³-hybridized carbons (Fsp3) is 1.00. The van der Waals surface area contributed by atoms with Crippen molar-refractivity contribution in [2.45, 2.75) is 64.8 Å². The van der Waals surface area contributed by atoms with Crippen LogP contribution in [0.5, 0.6) is 0 Å². The highest BCUT2D eigenvalue weighted by Gasteiger charge is 2.42. The monoisotopic (exact) mass is 258 g/mol. The Hall–Kier alpha value is 0.354.